The van der Waals surface area contributed by atoms with Crippen LogP contribution in [0, 0.1) is 6.92 Å². The fraction of sp³-hybridized carbons (Fsp3) is 0.333. The molecule has 106 valence electrons. The second-order valence-corrected chi connectivity index (χ2v) is 4.93. The molecule has 5 nitrogen and oxygen atoms in total. The van der Waals surface area contributed by atoms with E-state index < -0.39 is 6.04 Å². The Hall–Kier alpha value is -1.11. The average molecular weight is 351 g/mol. The van der Waals surface area contributed by atoms with E-state index in [1.54, 1.807) is 13.0 Å². The van der Waals surface area contributed by atoms with Crippen LogP contribution in [0.4, 0.5) is 5.69 Å². The smallest absolute Gasteiger partial charge is 0.243 e. The molecule has 1 aromatic carbocycles. The molecule has 0 radical (unpaired) electrons. The maximum atomic E-state index is 11.6. The van der Waals surface area contributed by atoms with Gasteiger partial charge in [0.15, 0.2) is 0 Å². The van der Waals surface area contributed by atoms with E-state index in [-0.39, 0.29) is 30.8 Å². The van der Waals surface area contributed by atoms with E-state index in [0.717, 1.165) is 10.0 Å². The van der Waals surface area contributed by atoms with Gasteiger partial charge in [0.05, 0.1) is 12.6 Å². The van der Waals surface area contributed by atoms with Gasteiger partial charge in [-0.15, -0.1) is 12.4 Å². The number of carbonyl (C=O) groups is 2. The summed E-state index contributed by atoms with van der Waals surface area (Å²) in [6.07, 6.45) is 0. The van der Waals surface area contributed by atoms with Crippen LogP contribution < -0.4 is 16.4 Å². The average Bonchev–Trinajstić information content (AvgIpc) is 2.30. The number of carbonyl (C=O) groups excluding carboxylic acids is 2. The number of anilines is 1. The summed E-state index contributed by atoms with van der Waals surface area (Å²) in [6, 6.07) is 4.97. The Kier molecular flexibility index (Phi) is 7.66. The molecule has 2 amide bonds. The quantitative estimate of drug-likeness (QED) is 0.771. The van der Waals surface area contributed by atoms with Gasteiger partial charge in [-0.1, -0.05) is 22.0 Å². The molecule has 1 aromatic rings. The molecule has 7 heteroatoms. The molecule has 0 saturated carbocycles. The maximum absolute atomic E-state index is 11.6. The standard InChI is InChI=1S/C12H16BrN3O2.ClH/c1-7-3-4-9(13)5-10(7)16-11(17)6-15-12(18)8(2)14;/h3-5,8H,6,14H2,1-2H3,(H,15,18)(H,16,17);1H/t8-;/m1./s1. The number of hydrogen-bond acceptors (Lipinski definition) is 3. The van der Waals surface area contributed by atoms with Crippen molar-refractivity contribution in [3.63, 3.8) is 0 Å². The summed E-state index contributed by atoms with van der Waals surface area (Å²) in [4.78, 5) is 22.8. The van der Waals surface area contributed by atoms with E-state index in [0.29, 0.717) is 5.69 Å². The van der Waals surface area contributed by atoms with Gasteiger partial charge in [-0.3, -0.25) is 9.59 Å². The lowest BCUT2D eigenvalue weighted by Gasteiger charge is -2.10. The van der Waals surface area contributed by atoms with Gasteiger partial charge in [-0.2, -0.15) is 0 Å². The highest BCUT2D eigenvalue weighted by atomic mass is 79.9. The predicted octanol–water partition coefficient (Wildman–Crippen LogP) is 1.58. The number of rotatable bonds is 4. The Labute approximate surface area is 126 Å². The third kappa shape index (κ3) is 6.04. The minimum Gasteiger partial charge on any atom is -0.346 e. The first kappa shape index (κ1) is 17.9. The Bertz CT molecular complexity index is 466. The number of benzene rings is 1. The van der Waals surface area contributed by atoms with Crippen molar-refractivity contribution in [1.82, 2.24) is 5.32 Å². The molecular weight excluding hydrogens is 334 g/mol. The number of amides is 2. The van der Waals surface area contributed by atoms with Gasteiger partial charge in [0.2, 0.25) is 11.8 Å². The summed E-state index contributed by atoms with van der Waals surface area (Å²) >= 11 is 3.33. The molecule has 0 saturated heterocycles. The fourth-order valence-corrected chi connectivity index (χ4v) is 1.61. The summed E-state index contributed by atoms with van der Waals surface area (Å²) in [5.41, 5.74) is 7.03. The molecule has 4 N–H and O–H groups in total. The molecule has 19 heavy (non-hydrogen) atoms. The van der Waals surface area contributed by atoms with Crippen molar-refractivity contribution in [1.29, 1.82) is 0 Å². The Balaban J connectivity index is 0.00000324. The fourth-order valence-electron chi connectivity index (χ4n) is 1.25. The van der Waals surface area contributed by atoms with Crippen molar-refractivity contribution in [3.05, 3.63) is 28.2 Å². The first-order valence-corrected chi connectivity index (χ1v) is 6.28. The van der Waals surface area contributed by atoms with Crippen molar-refractivity contribution in [2.45, 2.75) is 19.9 Å². The zero-order valence-corrected chi connectivity index (χ0v) is 13.1. The van der Waals surface area contributed by atoms with Gasteiger partial charge in [-0.25, -0.2) is 0 Å². The summed E-state index contributed by atoms with van der Waals surface area (Å²) in [5.74, 6) is -0.638. The monoisotopic (exact) mass is 349 g/mol. The van der Waals surface area contributed by atoms with Crippen molar-refractivity contribution in [2.75, 3.05) is 11.9 Å². The zero-order valence-electron chi connectivity index (χ0n) is 10.7. The van der Waals surface area contributed by atoms with E-state index in [9.17, 15) is 9.59 Å². The molecule has 0 unspecified atom stereocenters. The number of halogens is 2. The summed E-state index contributed by atoms with van der Waals surface area (Å²) in [5, 5.41) is 5.17. The molecule has 1 rings (SSSR count). The van der Waals surface area contributed by atoms with Crippen LogP contribution in [-0.4, -0.2) is 24.4 Å². The van der Waals surface area contributed by atoms with E-state index in [1.807, 2.05) is 19.1 Å². The molecule has 0 fully saturated rings. The molecule has 1 atom stereocenters. The zero-order chi connectivity index (χ0) is 13.7. The van der Waals surface area contributed by atoms with Crippen LogP contribution in [0.5, 0.6) is 0 Å². The van der Waals surface area contributed by atoms with Gasteiger partial charge in [0.25, 0.3) is 0 Å². The van der Waals surface area contributed by atoms with Crippen LogP contribution in [0.3, 0.4) is 0 Å². The summed E-state index contributed by atoms with van der Waals surface area (Å²) in [7, 11) is 0. The predicted molar refractivity (Wildman–Crippen MR) is 81.4 cm³/mol. The van der Waals surface area contributed by atoms with Gasteiger partial charge in [0, 0.05) is 10.2 Å². The highest BCUT2D eigenvalue weighted by Gasteiger charge is 2.10. The number of nitrogens with one attached hydrogen (secondary N) is 2. The van der Waals surface area contributed by atoms with E-state index in [4.69, 9.17) is 5.73 Å². The summed E-state index contributed by atoms with van der Waals surface area (Å²) < 4.78 is 0.878. The van der Waals surface area contributed by atoms with Gasteiger partial charge < -0.3 is 16.4 Å². The van der Waals surface area contributed by atoms with Crippen molar-refractivity contribution in [3.8, 4) is 0 Å². The molecular formula is C12H17BrClN3O2. The van der Waals surface area contributed by atoms with Crippen LogP contribution in [-0.2, 0) is 9.59 Å². The number of hydrogen-bond donors (Lipinski definition) is 3. The van der Waals surface area contributed by atoms with Crippen LogP contribution in [0.15, 0.2) is 22.7 Å². The van der Waals surface area contributed by atoms with Gasteiger partial charge in [-0.05, 0) is 31.5 Å². The highest BCUT2D eigenvalue weighted by Crippen LogP contribution is 2.20. The molecule has 0 spiro atoms. The Morgan fingerprint density at radius 1 is 1.42 bits per heavy atom. The largest absolute Gasteiger partial charge is 0.346 e. The van der Waals surface area contributed by atoms with Crippen LogP contribution in [0.2, 0.25) is 0 Å². The van der Waals surface area contributed by atoms with Crippen molar-refractivity contribution < 1.29 is 9.59 Å². The third-order valence-corrected chi connectivity index (χ3v) is 2.80. The van der Waals surface area contributed by atoms with Crippen molar-refractivity contribution in [2.24, 2.45) is 5.73 Å². The van der Waals surface area contributed by atoms with Crippen LogP contribution in [0.1, 0.15) is 12.5 Å². The van der Waals surface area contributed by atoms with Crippen LogP contribution in [0.25, 0.3) is 0 Å². The number of nitrogens with two attached hydrogens (primary N) is 1. The minimum atomic E-state index is -0.620. The first-order chi connectivity index (χ1) is 8.40. The Morgan fingerprint density at radius 3 is 2.63 bits per heavy atom. The van der Waals surface area contributed by atoms with E-state index in [2.05, 4.69) is 26.6 Å². The first-order valence-electron chi connectivity index (χ1n) is 5.49. The minimum absolute atomic E-state index is 0. The number of aryl methyl sites for hydroxylation is 1. The van der Waals surface area contributed by atoms with Gasteiger partial charge in [0.1, 0.15) is 0 Å². The van der Waals surface area contributed by atoms with E-state index in [1.165, 1.54) is 0 Å². The maximum Gasteiger partial charge on any atom is 0.243 e. The lowest BCUT2D eigenvalue weighted by atomic mass is 10.2. The van der Waals surface area contributed by atoms with Crippen LogP contribution >= 0.6 is 28.3 Å². The second kappa shape index (κ2) is 8.14. The molecule has 0 aliphatic carbocycles. The second-order valence-electron chi connectivity index (χ2n) is 4.01. The normalized spacial score (nSPS) is 11.2. The Morgan fingerprint density at radius 2 is 2.05 bits per heavy atom. The SMILES string of the molecule is Cc1ccc(Br)cc1NC(=O)CNC(=O)[C@@H](C)N.Cl. The van der Waals surface area contributed by atoms with Crippen molar-refractivity contribution >= 4 is 45.8 Å². The molecule has 0 heterocycles. The lowest BCUT2D eigenvalue weighted by Crippen LogP contribution is -2.41. The summed E-state index contributed by atoms with van der Waals surface area (Å²) in [6.45, 7) is 3.36. The van der Waals surface area contributed by atoms with E-state index >= 15 is 0 Å². The molecule has 0 aromatic heterocycles. The molecule has 0 aliphatic heterocycles. The third-order valence-electron chi connectivity index (χ3n) is 2.31. The lowest BCUT2D eigenvalue weighted by molar-refractivity contribution is -0.124. The molecule has 0 aliphatic rings. The van der Waals surface area contributed by atoms with Gasteiger partial charge >= 0.3 is 0 Å². The topological polar surface area (TPSA) is 84.2 Å². The highest BCUT2D eigenvalue weighted by molar-refractivity contribution is 9.10. The molecule has 0 bridgehead atoms.